The average Bonchev–Trinajstić information content (AvgIpc) is 3.17. The third-order valence-corrected chi connectivity index (χ3v) is 4.80. The Morgan fingerprint density at radius 2 is 1.97 bits per heavy atom. The van der Waals surface area contributed by atoms with Crippen LogP contribution in [0, 0.1) is 6.92 Å². The van der Waals surface area contributed by atoms with Crippen LogP contribution in [-0.4, -0.2) is 48.0 Å². The molecule has 0 aliphatic rings. The van der Waals surface area contributed by atoms with Crippen LogP contribution < -0.4 is 10.1 Å². The number of pyridine rings is 3. The Hall–Kier alpha value is -4.11. The molecule has 0 spiro atoms. The third-order valence-electron chi connectivity index (χ3n) is 4.80. The highest BCUT2D eigenvalue weighted by molar-refractivity contribution is 6.04. The minimum Gasteiger partial charge on any atom is -0.489 e. The van der Waals surface area contributed by atoms with Crippen LogP contribution in [0.25, 0.3) is 22.6 Å². The van der Waals surface area contributed by atoms with Gasteiger partial charge < -0.3 is 15.2 Å². The summed E-state index contributed by atoms with van der Waals surface area (Å²) >= 11 is 0. The maximum atomic E-state index is 13.0. The van der Waals surface area contributed by atoms with Crippen molar-refractivity contribution >= 4 is 11.6 Å². The number of carbonyl (C=O) groups excluding carboxylic acids is 1. The van der Waals surface area contributed by atoms with Crippen LogP contribution in [0.1, 0.15) is 29.9 Å². The summed E-state index contributed by atoms with van der Waals surface area (Å²) in [6.45, 7) is 5.43. The van der Waals surface area contributed by atoms with Crippen molar-refractivity contribution in [2.45, 2.75) is 26.4 Å². The van der Waals surface area contributed by atoms with Gasteiger partial charge in [0.1, 0.15) is 23.7 Å². The summed E-state index contributed by atoms with van der Waals surface area (Å²) in [5.74, 6) is 0.167. The van der Waals surface area contributed by atoms with E-state index in [2.05, 4.69) is 25.4 Å². The highest BCUT2D eigenvalue weighted by Gasteiger charge is 2.17. The Morgan fingerprint density at radius 3 is 2.68 bits per heavy atom. The molecule has 1 amide bonds. The maximum Gasteiger partial charge on any atom is 0.274 e. The van der Waals surface area contributed by atoms with Crippen molar-refractivity contribution in [3.63, 3.8) is 0 Å². The number of aromatic nitrogens is 5. The number of aryl methyl sites for hydroxylation is 2. The van der Waals surface area contributed by atoms with E-state index in [1.54, 1.807) is 74.6 Å². The zero-order valence-electron chi connectivity index (χ0n) is 19.5. The molecule has 34 heavy (non-hydrogen) atoms. The molecule has 4 aromatic rings. The van der Waals surface area contributed by atoms with Gasteiger partial charge in [-0.2, -0.15) is 5.10 Å². The molecule has 0 saturated carbocycles. The number of carbonyl (C=O) groups is 1. The van der Waals surface area contributed by atoms with Gasteiger partial charge in [-0.1, -0.05) is 6.07 Å². The average molecular weight is 459 g/mol. The molecule has 2 N–H and O–H groups in total. The Morgan fingerprint density at radius 1 is 1.15 bits per heavy atom. The van der Waals surface area contributed by atoms with E-state index in [0.717, 1.165) is 11.1 Å². The van der Waals surface area contributed by atoms with E-state index in [-0.39, 0.29) is 18.2 Å². The molecule has 0 aromatic carbocycles. The SMILES string of the molecule is Cc1cncc(-c2cccc(C(=O)Nc3cn(C)nc3-c3ccc(OCC(C)(C)O)cn3)n2)c1. The highest BCUT2D eigenvalue weighted by Crippen LogP contribution is 2.27. The Labute approximate surface area is 197 Å². The molecule has 0 atom stereocenters. The van der Waals surface area contributed by atoms with Crippen molar-refractivity contribution in [2.75, 3.05) is 11.9 Å². The number of ether oxygens (including phenoxy) is 1. The first-order valence-electron chi connectivity index (χ1n) is 10.7. The molecule has 0 saturated heterocycles. The second-order valence-corrected chi connectivity index (χ2v) is 8.66. The minimum absolute atomic E-state index is 0.142. The van der Waals surface area contributed by atoms with Gasteiger partial charge in [-0.25, -0.2) is 4.98 Å². The van der Waals surface area contributed by atoms with Gasteiger partial charge in [0.15, 0.2) is 0 Å². The maximum absolute atomic E-state index is 13.0. The number of nitrogens with zero attached hydrogens (tertiary/aromatic N) is 5. The van der Waals surface area contributed by atoms with Gasteiger partial charge in [0.25, 0.3) is 5.91 Å². The molecule has 0 aliphatic heterocycles. The molecule has 0 aliphatic carbocycles. The first kappa shape index (κ1) is 23.1. The molecule has 0 fully saturated rings. The zero-order valence-corrected chi connectivity index (χ0v) is 19.5. The Kier molecular flexibility index (Phi) is 6.38. The van der Waals surface area contributed by atoms with E-state index in [9.17, 15) is 9.90 Å². The fraction of sp³-hybridized carbons (Fsp3) is 0.240. The largest absolute Gasteiger partial charge is 0.489 e. The van der Waals surface area contributed by atoms with Gasteiger partial charge >= 0.3 is 0 Å². The number of aliphatic hydroxyl groups is 1. The highest BCUT2D eigenvalue weighted by atomic mass is 16.5. The number of anilines is 1. The molecule has 4 heterocycles. The smallest absolute Gasteiger partial charge is 0.274 e. The topological polar surface area (TPSA) is 115 Å². The van der Waals surface area contributed by atoms with Crippen LogP contribution >= 0.6 is 0 Å². The molecule has 9 nitrogen and oxygen atoms in total. The van der Waals surface area contributed by atoms with Crippen molar-refractivity contribution in [1.29, 1.82) is 0 Å². The standard InChI is InChI=1S/C25H26N6O3/c1-16-10-17(12-26-11-16)19-6-5-7-21(28-19)24(32)29-22-14-31(4)30-23(22)20-9-8-18(13-27-20)34-15-25(2,3)33/h5-14,33H,15H2,1-4H3,(H,29,32). The van der Waals surface area contributed by atoms with Gasteiger partial charge in [0.2, 0.25) is 0 Å². The minimum atomic E-state index is -0.946. The second-order valence-electron chi connectivity index (χ2n) is 8.66. The number of hydrogen-bond acceptors (Lipinski definition) is 7. The fourth-order valence-corrected chi connectivity index (χ4v) is 3.24. The van der Waals surface area contributed by atoms with E-state index < -0.39 is 5.60 Å². The van der Waals surface area contributed by atoms with E-state index in [1.807, 2.05) is 19.1 Å². The lowest BCUT2D eigenvalue weighted by Gasteiger charge is -2.17. The molecule has 174 valence electrons. The monoisotopic (exact) mass is 458 g/mol. The van der Waals surface area contributed by atoms with E-state index in [1.165, 1.54) is 0 Å². The molecule has 4 rings (SSSR count). The van der Waals surface area contributed by atoms with Crippen LogP contribution in [0.2, 0.25) is 0 Å². The lowest BCUT2D eigenvalue weighted by atomic mass is 10.1. The predicted molar refractivity (Wildman–Crippen MR) is 128 cm³/mol. The lowest BCUT2D eigenvalue weighted by molar-refractivity contribution is 0.0284. The van der Waals surface area contributed by atoms with Crippen molar-refractivity contribution in [3.05, 3.63) is 72.4 Å². The van der Waals surface area contributed by atoms with Crippen molar-refractivity contribution in [2.24, 2.45) is 7.05 Å². The Balaban J connectivity index is 1.54. The normalized spacial score (nSPS) is 11.3. The third kappa shape index (κ3) is 5.62. The van der Waals surface area contributed by atoms with Gasteiger partial charge in [-0.15, -0.1) is 0 Å². The summed E-state index contributed by atoms with van der Waals surface area (Å²) in [7, 11) is 1.77. The lowest BCUT2D eigenvalue weighted by Crippen LogP contribution is -2.27. The summed E-state index contributed by atoms with van der Waals surface area (Å²) in [5, 5.41) is 17.2. The van der Waals surface area contributed by atoms with Crippen LogP contribution in [0.4, 0.5) is 5.69 Å². The second kappa shape index (κ2) is 9.40. The summed E-state index contributed by atoms with van der Waals surface area (Å²) in [6.07, 6.45) is 6.76. The Bertz CT molecular complexity index is 1310. The number of hydrogen-bond donors (Lipinski definition) is 2. The first-order valence-corrected chi connectivity index (χ1v) is 10.7. The number of amides is 1. The van der Waals surface area contributed by atoms with E-state index in [4.69, 9.17) is 4.74 Å². The summed E-state index contributed by atoms with van der Waals surface area (Å²) < 4.78 is 7.16. The molecule has 0 bridgehead atoms. The fourth-order valence-electron chi connectivity index (χ4n) is 3.24. The summed E-state index contributed by atoms with van der Waals surface area (Å²) in [4.78, 5) is 26.1. The molecule has 4 aromatic heterocycles. The van der Waals surface area contributed by atoms with Gasteiger partial charge in [0.05, 0.1) is 28.9 Å². The zero-order chi connectivity index (χ0) is 24.3. The van der Waals surface area contributed by atoms with Gasteiger partial charge in [-0.3, -0.25) is 19.4 Å². The van der Waals surface area contributed by atoms with E-state index >= 15 is 0 Å². The quantitative estimate of drug-likeness (QED) is 0.434. The molecule has 9 heteroatoms. The molecular weight excluding hydrogens is 432 g/mol. The molecular formula is C25H26N6O3. The predicted octanol–water partition coefficient (Wildman–Crippen LogP) is 3.65. The van der Waals surface area contributed by atoms with Crippen LogP contribution in [0.3, 0.4) is 0 Å². The van der Waals surface area contributed by atoms with Gasteiger partial charge in [-0.05, 0) is 56.7 Å². The van der Waals surface area contributed by atoms with E-state index in [0.29, 0.717) is 28.5 Å². The number of rotatable bonds is 7. The molecule has 0 radical (unpaired) electrons. The van der Waals surface area contributed by atoms with Crippen LogP contribution in [0.15, 0.2) is 61.2 Å². The van der Waals surface area contributed by atoms with Crippen molar-refractivity contribution < 1.29 is 14.6 Å². The van der Waals surface area contributed by atoms with Crippen molar-refractivity contribution in [1.82, 2.24) is 24.7 Å². The summed E-state index contributed by atoms with van der Waals surface area (Å²) in [6, 6.07) is 10.8. The first-order chi connectivity index (χ1) is 16.2. The van der Waals surface area contributed by atoms with Gasteiger partial charge in [0, 0.05) is 31.2 Å². The van der Waals surface area contributed by atoms with Crippen LogP contribution in [0.5, 0.6) is 5.75 Å². The molecule has 0 unspecified atom stereocenters. The number of nitrogens with one attached hydrogen (secondary N) is 1. The van der Waals surface area contributed by atoms with Crippen LogP contribution in [-0.2, 0) is 7.05 Å². The van der Waals surface area contributed by atoms with Crippen molar-refractivity contribution in [3.8, 4) is 28.4 Å². The summed E-state index contributed by atoms with van der Waals surface area (Å²) in [5.41, 5.74) is 3.44.